The first-order valence-corrected chi connectivity index (χ1v) is 7.80. The van der Waals surface area contributed by atoms with Crippen molar-refractivity contribution in [2.75, 3.05) is 20.7 Å². The summed E-state index contributed by atoms with van der Waals surface area (Å²) in [5.41, 5.74) is 0.847. The van der Waals surface area contributed by atoms with Crippen LogP contribution in [0.4, 0.5) is 0 Å². The molecule has 1 N–H and O–H groups in total. The van der Waals surface area contributed by atoms with Gasteiger partial charge in [0.2, 0.25) is 0 Å². The Kier molecular flexibility index (Phi) is 6.88. The second-order valence-corrected chi connectivity index (χ2v) is 6.70. The Morgan fingerprint density at radius 1 is 1.52 bits per heavy atom. The molecule has 1 aromatic rings. The predicted octanol–water partition coefficient (Wildman–Crippen LogP) is 2.89. The molecule has 6 nitrogen and oxygen atoms in total. The largest absolute Gasteiger partial charge is 0.378 e. The molecule has 0 saturated heterocycles. The van der Waals surface area contributed by atoms with Crippen molar-refractivity contribution >= 4 is 29.9 Å². The summed E-state index contributed by atoms with van der Waals surface area (Å²) >= 11 is 0. The normalized spacial score (nSPS) is 26.2. The number of ether oxygens (including phenoxy) is 1. The minimum absolute atomic E-state index is 0. The van der Waals surface area contributed by atoms with E-state index in [1.165, 1.54) is 0 Å². The summed E-state index contributed by atoms with van der Waals surface area (Å²) < 4.78 is 10.6. The molecule has 2 atom stereocenters. The number of hydrogen-bond donors (Lipinski definition) is 1. The molecule has 1 heterocycles. The van der Waals surface area contributed by atoms with E-state index in [1.807, 2.05) is 20.0 Å². The molecule has 2 rings (SSSR count). The summed E-state index contributed by atoms with van der Waals surface area (Å²) in [5, 5.41) is 7.54. The molecular weight excluding hydrogens is 407 g/mol. The summed E-state index contributed by atoms with van der Waals surface area (Å²) in [6.07, 6.45) is 2.56. The Bertz CT molecular complexity index is 518. The summed E-state index contributed by atoms with van der Waals surface area (Å²) in [4.78, 5) is 6.67. The van der Waals surface area contributed by atoms with Crippen LogP contribution in [0.25, 0.3) is 0 Å². The smallest absolute Gasteiger partial charge is 0.194 e. The van der Waals surface area contributed by atoms with Gasteiger partial charge in [0.05, 0.1) is 12.1 Å². The summed E-state index contributed by atoms with van der Waals surface area (Å²) in [6, 6.07) is 2.21. The van der Waals surface area contributed by atoms with Crippen LogP contribution < -0.4 is 5.32 Å². The molecule has 132 valence electrons. The molecule has 7 heteroatoms. The average molecular weight is 436 g/mol. The number of aromatic nitrogens is 1. The molecule has 0 bridgehead atoms. The van der Waals surface area contributed by atoms with Gasteiger partial charge in [-0.2, -0.15) is 0 Å². The number of nitrogens with one attached hydrogen (secondary N) is 1. The predicted molar refractivity (Wildman–Crippen MR) is 102 cm³/mol. The summed E-state index contributed by atoms with van der Waals surface area (Å²) in [7, 11) is 3.80. The van der Waals surface area contributed by atoms with Gasteiger partial charge >= 0.3 is 0 Å². The van der Waals surface area contributed by atoms with Gasteiger partial charge in [0.15, 0.2) is 5.96 Å². The number of aliphatic imine (C=N–C) groups is 1. The highest BCUT2D eigenvalue weighted by atomic mass is 127. The molecular formula is C16H29IN4O2. The Morgan fingerprint density at radius 3 is 2.70 bits per heavy atom. The maximum Gasteiger partial charge on any atom is 0.194 e. The first kappa shape index (κ1) is 20.2. The molecule has 1 fully saturated rings. The van der Waals surface area contributed by atoms with Crippen LogP contribution in [-0.4, -0.2) is 48.4 Å². The van der Waals surface area contributed by atoms with Crippen molar-refractivity contribution in [1.29, 1.82) is 0 Å². The van der Waals surface area contributed by atoms with Crippen LogP contribution >= 0.6 is 24.0 Å². The number of rotatable bonds is 5. The number of nitrogens with zero attached hydrogens (tertiary/aromatic N) is 3. The fourth-order valence-electron chi connectivity index (χ4n) is 2.94. The van der Waals surface area contributed by atoms with E-state index in [2.05, 4.69) is 41.1 Å². The second-order valence-electron chi connectivity index (χ2n) is 6.70. The lowest BCUT2D eigenvalue weighted by Gasteiger charge is -2.59. The highest BCUT2D eigenvalue weighted by molar-refractivity contribution is 14.0. The highest BCUT2D eigenvalue weighted by Gasteiger charge is 2.58. The van der Waals surface area contributed by atoms with Gasteiger partial charge in [-0.1, -0.05) is 19.0 Å². The van der Waals surface area contributed by atoms with Crippen molar-refractivity contribution in [1.82, 2.24) is 15.4 Å². The quantitative estimate of drug-likeness (QED) is 0.437. The van der Waals surface area contributed by atoms with Crippen LogP contribution in [0.15, 0.2) is 21.8 Å². The monoisotopic (exact) mass is 436 g/mol. The van der Waals surface area contributed by atoms with E-state index in [0.717, 1.165) is 24.6 Å². The van der Waals surface area contributed by atoms with E-state index < -0.39 is 0 Å². The lowest BCUT2D eigenvalue weighted by molar-refractivity contribution is -0.177. The van der Waals surface area contributed by atoms with E-state index in [0.29, 0.717) is 12.6 Å². The van der Waals surface area contributed by atoms with Gasteiger partial charge in [-0.3, -0.25) is 4.99 Å². The minimum atomic E-state index is -0.0906. The molecule has 1 aliphatic rings. The molecule has 1 saturated carbocycles. The highest BCUT2D eigenvalue weighted by Crippen LogP contribution is 2.51. The Balaban J connectivity index is 0.00000264. The van der Waals surface area contributed by atoms with E-state index in [9.17, 15) is 0 Å². The minimum Gasteiger partial charge on any atom is -0.378 e. The molecule has 0 spiro atoms. The van der Waals surface area contributed by atoms with Crippen molar-refractivity contribution in [2.45, 2.75) is 52.3 Å². The molecule has 0 aliphatic heterocycles. The van der Waals surface area contributed by atoms with Gasteiger partial charge in [0, 0.05) is 38.2 Å². The van der Waals surface area contributed by atoms with Crippen LogP contribution in [-0.2, 0) is 11.3 Å². The van der Waals surface area contributed by atoms with E-state index >= 15 is 0 Å². The van der Waals surface area contributed by atoms with Gasteiger partial charge in [-0.15, -0.1) is 24.0 Å². The zero-order chi connectivity index (χ0) is 16.4. The third-order valence-corrected chi connectivity index (χ3v) is 5.14. The van der Waals surface area contributed by atoms with Crippen molar-refractivity contribution in [3.05, 3.63) is 18.0 Å². The molecule has 0 aromatic carbocycles. The summed E-state index contributed by atoms with van der Waals surface area (Å²) in [5.74, 6) is 0.890. The van der Waals surface area contributed by atoms with Gasteiger partial charge in [0.25, 0.3) is 0 Å². The molecule has 23 heavy (non-hydrogen) atoms. The van der Waals surface area contributed by atoms with Crippen LogP contribution in [0.2, 0.25) is 0 Å². The SMILES string of the molecule is CCN=C(NC1CC(C)(OC)C1(C)C)N(C)Cc1ccon1.I. The van der Waals surface area contributed by atoms with E-state index in [4.69, 9.17) is 9.26 Å². The second kappa shape index (κ2) is 7.83. The number of methoxy groups -OCH3 is 1. The summed E-state index contributed by atoms with van der Waals surface area (Å²) in [6.45, 7) is 10.1. The number of guanidine groups is 1. The van der Waals surface area contributed by atoms with Crippen LogP contribution in [0, 0.1) is 5.41 Å². The lowest BCUT2D eigenvalue weighted by Crippen LogP contribution is -2.69. The fraction of sp³-hybridized carbons (Fsp3) is 0.750. The zero-order valence-electron chi connectivity index (χ0n) is 14.9. The Morgan fingerprint density at radius 2 is 2.22 bits per heavy atom. The molecule has 2 unspecified atom stereocenters. The first-order chi connectivity index (χ1) is 10.3. The first-order valence-electron chi connectivity index (χ1n) is 7.80. The van der Waals surface area contributed by atoms with Crippen LogP contribution in [0.5, 0.6) is 0 Å². The third-order valence-electron chi connectivity index (χ3n) is 5.14. The van der Waals surface area contributed by atoms with Crippen molar-refractivity contribution in [2.24, 2.45) is 10.4 Å². The van der Waals surface area contributed by atoms with Crippen molar-refractivity contribution in [3.8, 4) is 0 Å². The van der Waals surface area contributed by atoms with Crippen LogP contribution in [0.1, 0.15) is 39.8 Å². The molecule has 1 aromatic heterocycles. The van der Waals surface area contributed by atoms with Gasteiger partial charge in [0.1, 0.15) is 12.0 Å². The average Bonchev–Trinajstić information content (AvgIpc) is 2.98. The standard InChI is InChI=1S/C16H28N4O2.HI/c1-7-17-14(20(5)11-12-8-9-22-19-12)18-13-10-16(4,21-6)15(13,2)3;/h8-9,13H,7,10-11H2,1-6H3,(H,17,18);1H. The zero-order valence-corrected chi connectivity index (χ0v) is 17.3. The molecule has 0 radical (unpaired) electrons. The third kappa shape index (κ3) is 3.99. The topological polar surface area (TPSA) is 62.9 Å². The maximum absolute atomic E-state index is 5.69. The fourth-order valence-corrected chi connectivity index (χ4v) is 2.94. The number of halogens is 1. The number of hydrogen-bond acceptors (Lipinski definition) is 4. The molecule has 1 aliphatic carbocycles. The van der Waals surface area contributed by atoms with Gasteiger partial charge in [-0.25, -0.2) is 0 Å². The van der Waals surface area contributed by atoms with E-state index in [1.54, 1.807) is 13.4 Å². The van der Waals surface area contributed by atoms with Crippen molar-refractivity contribution in [3.63, 3.8) is 0 Å². The van der Waals surface area contributed by atoms with Crippen LogP contribution in [0.3, 0.4) is 0 Å². The Labute approximate surface area is 156 Å². The van der Waals surface area contributed by atoms with Crippen molar-refractivity contribution < 1.29 is 9.26 Å². The Hall–Kier alpha value is -0.830. The van der Waals surface area contributed by atoms with Gasteiger partial charge < -0.3 is 19.5 Å². The lowest BCUT2D eigenvalue weighted by atomic mass is 9.56. The maximum atomic E-state index is 5.69. The van der Waals surface area contributed by atoms with Gasteiger partial charge in [-0.05, 0) is 20.3 Å². The van der Waals surface area contributed by atoms with E-state index in [-0.39, 0.29) is 35.0 Å². The molecule has 0 amide bonds.